The van der Waals surface area contributed by atoms with Crippen LogP contribution in [0, 0.1) is 0 Å². The summed E-state index contributed by atoms with van der Waals surface area (Å²) in [5.41, 5.74) is 5.70. The van der Waals surface area contributed by atoms with Gasteiger partial charge >= 0.3 is 0 Å². The molecule has 1 rings (SSSR count). The molecule has 1 saturated carbocycles. The van der Waals surface area contributed by atoms with Crippen molar-refractivity contribution in [3.8, 4) is 0 Å². The van der Waals surface area contributed by atoms with Crippen LogP contribution in [0.1, 0.15) is 32.6 Å². The van der Waals surface area contributed by atoms with Crippen LogP contribution in [0.5, 0.6) is 0 Å². The topological polar surface area (TPSA) is 66.6 Å². The van der Waals surface area contributed by atoms with Crippen LogP contribution in [-0.4, -0.2) is 41.1 Å². The van der Waals surface area contributed by atoms with E-state index in [2.05, 4.69) is 0 Å². The zero-order valence-corrected chi connectivity index (χ0v) is 8.99. The van der Waals surface area contributed by atoms with E-state index in [1.54, 1.807) is 18.9 Å². The molecule has 82 valence electrons. The fourth-order valence-corrected chi connectivity index (χ4v) is 1.74. The van der Waals surface area contributed by atoms with Gasteiger partial charge in [-0.3, -0.25) is 4.79 Å². The average Bonchev–Trinajstić information content (AvgIpc) is 2.00. The number of aliphatic hydroxyl groups is 1. The van der Waals surface area contributed by atoms with Crippen LogP contribution in [0.4, 0.5) is 0 Å². The number of rotatable bonds is 4. The normalized spacial score (nSPS) is 21.1. The summed E-state index contributed by atoms with van der Waals surface area (Å²) < 4.78 is 0. The first-order chi connectivity index (χ1) is 6.43. The first kappa shape index (κ1) is 11.5. The zero-order chi connectivity index (χ0) is 10.8. The molecule has 0 heterocycles. The smallest absolute Gasteiger partial charge is 0.224 e. The zero-order valence-electron chi connectivity index (χ0n) is 8.99. The molecule has 0 aromatic carbocycles. The highest BCUT2D eigenvalue weighted by molar-refractivity contribution is 5.77. The van der Waals surface area contributed by atoms with E-state index in [1.807, 2.05) is 0 Å². The molecule has 1 atom stereocenters. The van der Waals surface area contributed by atoms with E-state index in [-0.39, 0.29) is 11.4 Å². The van der Waals surface area contributed by atoms with E-state index >= 15 is 0 Å². The van der Waals surface area contributed by atoms with Gasteiger partial charge in [0.25, 0.3) is 0 Å². The number of carbonyl (C=O) groups is 1. The monoisotopic (exact) mass is 200 g/mol. The van der Waals surface area contributed by atoms with Gasteiger partial charge in [-0.25, -0.2) is 0 Å². The van der Waals surface area contributed by atoms with Crippen LogP contribution in [0.3, 0.4) is 0 Å². The third-order valence-corrected chi connectivity index (χ3v) is 2.82. The molecule has 1 fully saturated rings. The SMILES string of the molecule is CC(O)CN(C)C(=O)CC1(N)CCC1. The number of carbonyl (C=O) groups excluding carboxylic acids is 1. The summed E-state index contributed by atoms with van der Waals surface area (Å²) in [6, 6.07) is 0. The maximum atomic E-state index is 11.6. The number of nitrogens with two attached hydrogens (primary N) is 1. The molecular formula is C10H20N2O2. The molecule has 4 heteroatoms. The Morgan fingerprint density at radius 2 is 2.21 bits per heavy atom. The van der Waals surface area contributed by atoms with Gasteiger partial charge in [0.1, 0.15) is 0 Å². The van der Waals surface area contributed by atoms with Crippen molar-refractivity contribution in [2.45, 2.75) is 44.2 Å². The minimum atomic E-state index is -0.473. The second kappa shape index (κ2) is 4.28. The molecule has 14 heavy (non-hydrogen) atoms. The third-order valence-electron chi connectivity index (χ3n) is 2.82. The van der Waals surface area contributed by atoms with E-state index < -0.39 is 6.10 Å². The number of nitrogens with zero attached hydrogens (tertiary/aromatic N) is 1. The van der Waals surface area contributed by atoms with Gasteiger partial charge in [-0.05, 0) is 26.2 Å². The average molecular weight is 200 g/mol. The van der Waals surface area contributed by atoms with E-state index in [0.29, 0.717) is 13.0 Å². The molecular weight excluding hydrogens is 180 g/mol. The minimum Gasteiger partial charge on any atom is -0.392 e. The van der Waals surface area contributed by atoms with Gasteiger partial charge in [0, 0.05) is 25.6 Å². The molecule has 0 saturated heterocycles. The molecule has 4 nitrogen and oxygen atoms in total. The number of hydrogen-bond acceptors (Lipinski definition) is 3. The Bertz CT molecular complexity index is 212. The lowest BCUT2D eigenvalue weighted by Crippen LogP contribution is -2.50. The molecule has 1 aliphatic rings. The van der Waals surface area contributed by atoms with Gasteiger partial charge in [-0.2, -0.15) is 0 Å². The lowest BCUT2D eigenvalue weighted by molar-refractivity contribution is -0.133. The molecule has 0 aliphatic heterocycles. The number of likely N-dealkylation sites (N-methyl/N-ethyl adjacent to an activating group) is 1. The Balaban J connectivity index is 2.33. The van der Waals surface area contributed by atoms with Crippen molar-refractivity contribution in [2.75, 3.05) is 13.6 Å². The Morgan fingerprint density at radius 1 is 1.64 bits per heavy atom. The molecule has 0 radical (unpaired) electrons. The summed E-state index contributed by atoms with van der Waals surface area (Å²) in [5, 5.41) is 9.12. The van der Waals surface area contributed by atoms with Crippen molar-refractivity contribution in [3.63, 3.8) is 0 Å². The highest BCUT2D eigenvalue weighted by Crippen LogP contribution is 2.32. The lowest BCUT2D eigenvalue weighted by atomic mass is 9.75. The predicted molar refractivity (Wildman–Crippen MR) is 54.7 cm³/mol. The molecule has 0 spiro atoms. The van der Waals surface area contributed by atoms with Crippen LogP contribution < -0.4 is 5.73 Å². The molecule has 1 amide bonds. The van der Waals surface area contributed by atoms with Crippen molar-refractivity contribution >= 4 is 5.91 Å². The fraction of sp³-hybridized carbons (Fsp3) is 0.900. The Labute approximate surface area is 85.1 Å². The van der Waals surface area contributed by atoms with Crippen LogP contribution in [0.25, 0.3) is 0 Å². The summed E-state index contributed by atoms with van der Waals surface area (Å²) in [4.78, 5) is 13.2. The Hall–Kier alpha value is -0.610. The summed E-state index contributed by atoms with van der Waals surface area (Å²) in [7, 11) is 1.71. The summed E-state index contributed by atoms with van der Waals surface area (Å²) in [6.07, 6.45) is 2.96. The quantitative estimate of drug-likeness (QED) is 0.676. The maximum absolute atomic E-state index is 11.6. The van der Waals surface area contributed by atoms with E-state index in [1.165, 1.54) is 0 Å². The molecule has 0 bridgehead atoms. The molecule has 0 aromatic heterocycles. The van der Waals surface area contributed by atoms with Gasteiger partial charge in [-0.15, -0.1) is 0 Å². The van der Waals surface area contributed by atoms with Crippen molar-refractivity contribution in [2.24, 2.45) is 5.73 Å². The Kier molecular flexibility index (Phi) is 3.50. The van der Waals surface area contributed by atoms with Crippen LogP contribution >= 0.6 is 0 Å². The van der Waals surface area contributed by atoms with Gasteiger partial charge in [0.05, 0.1) is 6.10 Å². The van der Waals surface area contributed by atoms with Crippen LogP contribution in [0.2, 0.25) is 0 Å². The lowest BCUT2D eigenvalue weighted by Gasteiger charge is -2.38. The van der Waals surface area contributed by atoms with Crippen molar-refractivity contribution in [1.29, 1.82) is 0 Å². The highest BCUT2D eigenvalue weighted by atomic mass is 16.3. The van der Waals surface area contributed by atoms with E-state index in [4.69, 9.17) is 10.8 Å². The van der Waals surface area contributed by atoms with Gasteiger partial charge in [0.2, 0.25) is 5.91 Å². The van der Waals surface area contributed by atoms with E-state index in [9.17, 15) is 4.79 Å². The number of aliphatic hydroxyl groups excluding tert-OH is 1. The Morgan fingerprint density at radius 3 is 2.57 bits per heavy atom. The third kappa shape index (κ3) is 2.96. The molecule has 1 unspecified atom stereocenters. The van der Waals surface area contributed by atoms with Gasteiger partial charge in [0.15, 0.2) is 0 Å². The number of amides is 1. The van der Waals surface area contributed by atoms with E-state index in [0.717, 1.165) is 19.3 Å². The van der Waals surface area contributed by atoms with Gasteiger partial charge < -0.3 is 15.7 Å². The summed E-state index contributed by atoms with van der Waals surface area (Å²) in [6.45, 7) is 2.06. The van der Waals surface area contributed by atoms with Crippen LogP contribution in [0.15, 0.2) is 0 Å². The van der Waals surface area contributed by atoms with Crippen molar-refractivity contribution in [1.82, 2.24) is 4.90 Å². The highest BCUT2D eigenvalue weighted by Gasteiger charge is 2.35. The summed E-state index contributed by atoms with van der Waals surface area (Å²) >= 11 is 0. The van der Waals surface area contributed by atoms with Crippen LogP contribution in [-0.2, 0) is 4.79 Å². The summed E-state index contributed by atoms with van der Waals surface area (Å²) in [5.74, 6) is 0.0353. The van der Waals surface area contributed by atoms with Crippen molar-refractivity contribution < 1.29 is 9.90 Å². The first-order valence-electron chi connectivity index (χ1n) is 5.14. The fourth-order valence-electron chi connectivity index (χ4n) is 1.74. The van der Waals surface area contributed by atoms with Crippen molar-refractivity contribution in [3.05, 3.63) is 0 Å². The molecule has 3 N–H and O–H groups in total. The first-order valence-corrected chi connectivity index (χ1v) is 5.14. The second-order valence-corrected chi connectivity index (χ2v) is 4.52. The standard InChI is InChI=1S/C10H20N2O2/c1-8(13)7-12(2)9(14)6-10(11)4-3-5-10/h8,13H,3-7,11H2,1-2H3. The largest absolute Gasteiger partial charge is 0.392 e. The maximum Gasteiger partial charge on any atom is 0.224 e. The van der Waals surface area contributed by atoms with Gasteiger partial charge in [-0.1, -0.05) is 0 Å². The second-order valence-electron chi connectivity index (χ2n) is 4.52. The number of hydrogen-bond donors (Lipinski definition) is 2. The minimum absolute atomic E-state index is 0.0353. The predicted octanol–water partition coefficient (Wildman–Crippen LogP) is 0.0971. The molecule has 0 aromatic rings. The molecule has 1 aliphatic carbocycles.